The van der Waals surface area contributed by atoms with Crippen LogP contribution in [-0.4, -0.2) is 44.0 Å². The maximum atomic E-state index is 11.1. The molecule has 0 aromatic carbocycles. The molecule has 4 heteroatoms. The molecule has 1 unspecified atom stereocenters. The van der Waals surface area contributed by atoms with Gasteiger partial charge in [0.05, 0.1) is 11.5 Å². The summed E-state index contributed by atoms with van der Waals surface area (Å²) in [4.78, 5) is 2.14. The van der Waals surface area contributed by atoms with Gasteiger partial charge in [-0.1, -0.05) is 0 Å². The van der Waals surface area contributed by atoms with Crippen LogP contribution < -0.4 is 0 Å². The van der Waals surface area contributed by atoms with Crippen molar-refractivity contribution in [3.8, 4) is 0 Å². The van der Waals surface area contributed by atoms with Gasteiger partial charge in [0.2, 0.25) is 0 Å². The smallest absolute Gasteiger partial charge is 0.151 e. The van der Waals surface area contributed by atoms with Crippen LogP contribution in [0.25, 0.3) is 0 Å². The molecule has 1 aliphatic rings. The summed E-state index contributed by atoms with van der Waals surface area (Å²) >= 11 is 0. The lowest BCUT2D eigenvalue weighted by Crippen LogP contribution is -2.37. The lowest BCUT2D eigenvalue weighted by molar-refractivity contribution is 0.212. The molecule has 0 aromatic rings. The molecule has 0 N–H and O–H groups in total. The van der Waals surface area contributed by atoms with Crippen molar-refractivity contribution in [1.82, 2.24) is 4.90 Å². The van der Waals surface area contributed by atoms with Crippen LogP contribution in [0.15, 0.2) is 0 Å². The number of sulfone groups is 1. The Kier molecular flexibility index (Phi) is 2.78. The number of hydrogen-bond donors (Lipinski definition) is 0. The Bertz CT molecular complexity index is 246. The minimum atomic E-state index is -2.72. The molecule has 0 radical (unpaired) electrons. The van der Waals surface area contributed by atoms with Gasteiger partial charge in [-0.3, -0.25) is 4.90 Å². The summed E-state index contributed by atoms with van der Waals surface area (Å²) in [7, 11) is -0.719. The van der Waals surface area contributed by atoms with Gasteiger partial charge in [-0.05, 0) is 27.3 Å². The molecule has 0 bridgehead atoms. The van der Waals surface area contributed by atoms with E-state index in [1.807, 2.05) is 7.05 Å². The van der Waals surface area contributed by atoms with Crippen molar-refractivity contribution < 1.29 is 8.42 Å². The predicted molar refractivity (Wildman–Crippen MR) is 50.0 cm³/mol. The molecule has 0 spiro atoms. The summed E-state index contributed by atoms with van der Waals surface area (Å²) < 4.78 is 22.3. The Balaban J connectivity index is 2.58. The quantitative estimate of drug-likeness (QED) is 0.638. The maximum absolute atomic E-state index is 11.1. The largest absolute Gasteiger partial charge is 0.300 e. The minimum Gasteiger partial charge on any atom is -0.300 e. The van der Waals surface area contributed by atoms with E-state index in [1.54, 1.807) is 0 Å². The summed E-state index contributed by atoms with van der Waals surface area (Å²) in [5, 5.41) is 0. The second kappa shape index (κ2) is 3.34. The molecule has 0 saturated carbocycles. The van der Waals surface area contributed by atoms with Crippen molar-refractivity contribution in [3.63, 3.8) is 0 Å². The van der Waals surface area contributed by atoms with E-state index in [2.05, 4.69) is 18.7 Å². The Labute approximate surface area is 74.7 Å². The third kappa shape index (κ3) is 2.20. The predicted octanol–water partition coefficient (Wildman–Crippen LogP) is 0.514. The standard InChI is InChI=1S/C8H17NO2S/c1-7(2)9(3)8-4-5-12(10,11)6-8/h7-8H,4-6H2,1-3H3. The SMILES string of the molecule is CC(C)N(C)C1CCS(=O)(=O)C1. The first-order chi connectivity index (χ1) is 5.42. The molecule has 1 heterocycles. The van der Waals surface area contributed by atoms with Crippen molar-refractivity contribution in [1.29, 1.82) is 0 Å². The van der Waals surface area contributed by atoms with Gasteiger partial charge in [-0.25, -0.2) is 8.42 Å². The zero-order valence-electron chi connectivity index (χ0n) is 7.95. The van der Waals surface area contributed by atoms with Gasteiger partial charge >= 0.3 is 0 Å². The van der Waals surface area contributed by atoms with Gasteiger partial charge in [0, 0.05) is 12.1 Å². The highest BCUT2D eigenvalue weighted by Gasteiger charge is 2.31. The zero-order chi connectivity index (χ0) is 9.35. The van der Waals surface area contributed by atoms with E-state index >= 15 is 0 Å². The maximum Gasteiger partial charge on any atom is 0.151 e. The van der Waals surface area contributed by atoms with E-state index in [4.69, 9.17) is 0 Å². The average molecular weight is 191 g/mol. The first kappa shape index (κ1) is 9.99. The highest BCUT2D eigenvalue weighted by Crippen LogP contribution is 2.17. The zero-order valence-corrected chi connectivity index (χ0v) is 8.76. The second-order valence-corrected chi connectivity index (χ2v) is 6.04. The Morgan fingerprint density at radius 3 is 2.33 bits per heavy atom. The van der Waals surface area contributed by atoms with Crippen LogP contribution >= 0.6 is 0 Å². The van der Waals surface area contributed by atoms with E-state index in [0.29, 0.717) is 17.5 Å². The van der Waals surface area contributed by atoms with E-state index in [-0.39, 0.29) is 6.04 Å². The molecule has 0 amide bonds. The molecule has 3 nitrogen and oxygen atoms in total. The summed E-state index contributed by atoms with van der Waals surface area (Å²) in [6.45, 7) is 4.18. The van der Waals surface area contributed by atoms with Crippen molar-refractivity contribution in [3.05, 3.63) is 0 Å². The highest BCUT2D eigenvalue weighted by molar-refractivity contribution is 7.91. The fourth-order valence-corrected chi connectivity index (χ4v) is 3.30. The molecule has 0 aliphatic carbocycles. The lowest BCUT2D eigenvalue weighted by atomic mass is 10.2. The van der Waals surface area contributed by atoms with E-state index in [9.17, 15) is 8.42 Å². The van der Waals surface area contributed by atoms with Gasteiger partial charge in [0.15, 0.2) is 9.84 Å². The molecular formula is C8H17NO2S. The van der Waals surface area contributed by atoms with Crippen LogP contribution in [0.3, 0.4) is 0 Å². The summed E-state index contributed by atoms with van der Waals surface area (Å²) in [5.74, 6) is 0.719. The lowest BCUT2D eigenvalue weighted by Gasteiger charge is -2.26. The first-order valence-electron chi connectivity index (χ1n) is 4.35. The van der Waals surface area contributed by atoms with E-state index in [0.717, 1.165) is 6.42 Å². The average Bonchev–Trinajstić information content (AvgIpc) is 2.28. The van der Waals surface area contributed by atoms with Crippen molar-refractivity contribution in [2.24, 2.45) is 0 Å². The fraction of sp³-hybridized carbons (Fsp3) is 1.00. The van der Waals surface area contributed by atoms with Crippen LogP contribution in [-0.2, 0) is 9.84 Å². The van der Waals surface area contributed by atoms with Gasteiger partial charge in [-0.15, -0.1) is 0 Å². The normalized spacial score (nSPS) is 28.6. The van der Waals surface area contributed by atoms with Gasteiger partial charge in [-0.2, -0.15) is 0 Å². The molecule has 1 rings (SSSR count). The van der Waals surface area contributed by atoms with Crippen LogP contribution in [0.2, 0.25) is 0 Å². The fourth-order valence-electron chi connectivity index (χ4n) is 1.52. The van der Waals surface area contributed by atoms with Crippen LogP contribution in [0.5, 0.6) is 0 Å². The molecule has 12 heavy (non-hydrogen) atoms. The van der Waals surface area contributed by atoms with Gasteiger partial charge in [0.25, 0.3) is 0 Å². The highest BCUT2D eigenvalue weighted by atomic mass is 32.2. The Morgan fingerprint density at radius 1 is 1.42 bits per heavy atom. The van der Waals surface area contributed by atoms with Crippen molar-refractivity contribution in [2.75, 3.05) is 18.6 Å². The molecule has 0 aromatic heterocycles. The summed E-state index contributed by atoms with van der Waals surface area (Å²) in [5.41, 5.74) is 0. The molecule has 1 fully saturated rings. The van der Waals surface area contributed by atoms with Crippen LogP contribution in [0.4, 0.5) is 0 Å². The third-order valence-electron chi connectivity index (χ3n) is 2.60. The van der Waals surface area contributed by atoms with Gasteiger partial charge < -0.3 is 0 Å². The number of nitrogens with zero attached hydrogens (tertiary/aromatic N) is 1. The third-order valence-corrected chi connectivity index (χ3v) is 4.35. The van der Waals surface area contributed by atoms with Crippen molar-refractivity contribution >= 4 is 9.84 Å². The topological polar surface area (TPSA) is 37.4 Å². The Hall–Kier alpha value is -0.0900. The first-order valence-corrected chi connectivity index (χ1v) is 6.17. The molecule has 72 valence electrons. The van der Waals surface area contributed by atoms with E-state index in [1.165, 1.54) is 0 Å². The monoisotopic (exact) mass is 191 g/mol. The van der Waals surface area contributed by atoms with E-state index < -0.39 is 9.84 Å². The summed E-state index contributed by atoms with van der Waals surface area (Å²) in [6, 6.07) is 0.679. The number of hydrogen-bond acceptors (Lipinski definition) is 3. The van der Waals surface area contributed by atoms with Crippen LogP contribution in [0.1, 0.15) is 20.3 Å². The number of rotatable bonds is 2. The summed E-state index contributed by atoms with van der Waals surface area (Å²) in [6.07, 6.45) is 0.803. The molecule has 1 saturated heterocycles. The van der Waals surface area contributed by atoms with Crippen LogP contribution in [0, 0.1) is 0 Å². The molecule has 1 aliphatic heterocycles. The van der Waals surface area contributed by atoms with Crippen molar-refractivity contribution in [2.45, 2.75) is 32.4 Å². The second-order valence-electron chi connectivity index (χ2n) is 3.82. The minimum absolute atomic E-state index is 0.245. The molecule has 1 atom stereocenters. The Morgan fingerprint density at radius 2 is 2.00 bits per heavy atom. The molecular weight excluding hydrogens is 174 g/mol. The van der Waals surface area contributed by atoms with Gasteiger partial charge in [0.1, 0.15) is 0 Å².